The molecule has 0 aromatic heterocycles. The third-order valence-corrected chi connectivity index (χ3v) is 18.5. The fourth-order valence-corrected chi connectivity index (χ4v) is 12.1. The first-order valence-electron chi connectivity index (χ1n) is 37.2. The summed E-state index contributed by atoms with van der Waals surface area (Å²) in [4.78, 5) is 72.6. The second kappa shape index (κ2) is 63.3. The number of esters is 4. The molecule has 0 aliphatic carbocycles. The van der Waals surface area contributed by atoms with Crippen LogP contribution in [0.3, 0.4) is 0 Å². The summed E-state index contributed by atoms with van der Waals surface area (Å²) >= 11 is 0. The van der Waals surface area contributed by atoms with E-state index in [9.17, 15) is 43.2 Å². The van der Waals surface area contributed by atoms with Crippen LogP contribution >= 0.6 is 15.6 Å². The number of ether oxygens (including phenoxy) is 4. The topological polar surface area (TPSA) is 237 Å². The van der Waals surface area contributed by atoms with Crippen LogP contribution in [0.4, 0.5) is 0 Å². The SMILES string of the molecule is CCCCCC/C=C\C=C/CCCCCCCC(=O)OC[C@H](COP(=O)(O)OC[C@@H](O)COP(=O)(O)OC[C@@H](COC(=O)CCCCCCCCC(C)C)OC(=O)CCCCCCCCCCCCC(C)CC)OC(=O)CCCCCCCCCCCCCC(C)C. The Kier molecular flexibility index (Phi) is 61.6. The van der Waals surface area contributed by atoms with Gasteiger partial charge in [0.2, 0.25) is 0 Å². The van der Waals surface area contributed by atoms with E-state index < -0.39 is 97.5 Å². The first kappa shape index (κ1) is 89.5. The van der Waals surface area contributed by atoms with Crippen LogP contribution in [0.2, 0.25) is 0 Å². The van der Waals surface area contributed by atoms with Crippen molar-refractivity contribution in [2.45, 2.75) is 362 Å². The van der Waals surface area contributed by atoms with Crippen molar-refractivity contribution in [2.24, 2.45) is 17.8 Å². The number of hydrogen-bond acceptors (Lipinski definition) is 15. The molecule has 0 fully saturated rings. The van der Waals surface area contributed by atoms with Gasteiger partial charge in [0, 0.05) is 25.7 Å². The zero-order valence-electron chi connectivity index (χ0n) is 59.5. The van der Waals surface area contributed by atoms with E-state index in [1.165, 1.54) is 128 Å². The Hall–Kier alpha value is -2.46. The van der Waals surface area contributed by atoms with Gasteiger partial charge < -0.3 is 33.8 Å². The van der Waals surface area contributed by atoms with Crippen molar-refractivity contribution < 1.29 is 80.2 Å². The average molecular weight is 1350 g/mol. The molecular formula is C73H138O17P2. The zero-order valence-corrected chi connectivity index (χ0v) is 61.3. The van der Waals surface area contributed by atoms with E-state index in [0.29, 0.717) is 31.6 Å². The molecule has 0 saturated heterocycles. The molecule has 0 aliphatic heterocycles. The third kappa shape index (κ3) is 64.9. The number of phosphoric ester groups is 2. The molecule has 17 nitrogen and oxygen atoms in total. The highest BCUT2D eigenvalue weighted by Crippen LogP contribution is 2.45. The van der Waals surface area contributed by atoms with Crippen molar-refractivity contribution in [2.75, 3.05) is 39.6 Å². The van der Waals surface area contributed by atoms with Gasteiger partial charge in [0.15, 0.2) is 12.2 Å². The van der Waals surface area contributed by atoms with Gasteiger partial charge >= 0.3 is 39.5 Å². The first-order chi connectivity index (χ1) is 44.3. The van der Waals surface area contributed by atoms with E-state index in [1.54, 1.807) is 0 Å². The standard InChI is InChI=1S/C73H138O17P2/c1-8-10-11-12-13-14-15-16-17-18-21-27-32-40-47-54-70(75)83-60-68(89-72(77)56-49-42-33-28-22-19-20-25-30-37-44-51-64(3)4)62-87-91(79,80)85-58-67(74)59-86-92(81,82)88-63-69(61-84-71(76)55-48-41-36-35-38-45-52-65(5)6)90-73(78)57-50-43-34-29-24-23-26-31-39-46-53-66(7)9-2/h14-17,64-69,74H,8-13,18-63H2,1-7H3,(H,79,80)(H,81,82)/b15-14-,17-16-/t66?,67-,68-,69-/m1/s1. The van der Waals surface area contributed by atoms with Crippen LogP contribution in [-0.4, -0.2) is 96.7 Å². The number of carbonyl (C=O) groups is 4. The molecule has 19 heteroatoms. The van der Waals surface area contributed by atoms with E-state index in [-0.39, 0.29) is 25.7 Å². The van der Waals surface area contributed by atoms with E-state index in [2.05, 4.69) is 72.8 Å². The number of carbonyl (C=O) groups excluding carboxylic acids is 4. The molecule has 0 spiro atoms. The molecule has 3 N–H and O–H groups in total. The zero-order chi connectivity index (χ0) is 68.0. The number of rotatable bonds is 69. The maximum atomic E-state index is 13.0. The number of phosphoric acid groups is 2. The number of aliphatic hydroxyl groups is 1. The molecule has 3 unspecified atom stereocenters. The van der Waals surface area contributed by atoms with Gasteiger partial charge in [-0.1, -0.05) is 291 Å². The predicted molar refractivity (Wildman–Crippen MR) is 372 cm³/mol. The van der Waals surface area contributed by atoms with Gasteiger partial charge in [-0.15, -0.1) is 0 Å². The normalized spacial score (nSPS) is 14.6. The highest BCUT2D eigenvalue weighted by atomic mass is 31.2. The lowest BCUT2D eigenvalue weighted by atomic mass is 9.99. The maximum Gasteiger partial charge on any atom is 0.472 e. The highest BCUT2D eigenvalue weighted by Gasteiger charge is 2.30. The molecule has 0 aromatic carbocycles. The average Bonchev–Trinajstić information content (AvgIpc) is 1.67. The van der Waals surface area contributed by atoms with Crippen LogP contribution in [0.5, 0.6) is 0 Å². The molecular weight excluding hydrogens is 1210 g/mol. The molecule has 0 aromatic rings. The summed E-state index contributed by atoms with van der Waals surface area (Å²) < 4.78 is 68.3. The van der Waals surface area contributed by atoms with E-state index in [1.807, 2.05) is 0 Å². The van der Waals surface area contributed by atoms with Crippen LogP contribution in [0, 0.1) is 17.8 Å². The molecule has 0 amide bonds. The largest absolute Gasteiger partial charge is 0.472 e. The van der Waals surface area contributed by atoms with Gasteiger partial charge in [0.1, 0.15) is 19.3 Å². The number of allylic oxidation sites excluding steroid dienone is 4. The number of unbranched alkanes of at least 4 members (excludes halogenated alkanes) is 33. The van der Waals surface area contributed by atoms with Crippen molar-refractivity contribution in [1.29, 1.82) is 0 Å². The molecule has 6 atom stereocenters. The van der Waals surface area contributed by atoms with E-state index in [0.717, 1.165) is 127 Å². The van der Waals surface area contributed by atoms with Crippen molar-refractivity contribution in [3.05, 3.63) is 24.3 Å². The Morgan fingerprint density at radius 3 is 0.967 bits per heavy atom. The molecule has 0 aliphatic rings. The van der Waals surface area contributed by atoms with Crippen LogP contribution in [0.1, 0.15) is 344 Å². The molecule has 542 valence electrons. The lowest BCUT2D eigenvalue weighted by molar-refractivity contribution is -0.161. The summed E-state index contributed by atoms with van der Waals surface area (Å²) in [7, 11) is -9.92. The van der Waals surface area contributed by atoms with Gasteiger partial charge in [0.05, 0.1) is 26.4 Å². The maximum absolute atomic E-state index is 13.0. The monoisotopic (exact) mass is 1350 g/mol. The smallest absolute Gasteiger partial charge is 0.462 e. The minimum Gasteiger partial charge on any atom is -0.462 e. The molecule has 0 heterocycles. The quantitative estimate of drug-likeness (QED) is 0.0169. The Balaban J connectivity index is 5.29. The molecule has 92 heavy (non-hydrogen) atoms. The summed E-state index contributed by atoms with van der Waals surface area (Å²) in [6, 6.07) is 0. The second-order valence-corrected chi connectivity index (χ2v) is 29.7. The van der Waals surface area contributed by atoms with Crippen LogP contribution < -0.4 is 0 Å². The van der Waals surface area contributed by atoms with Crippen LogP contribution in [-0.2, 0) is 65.4 Å². The summed E-state index contributed by atoms with van der Waals surface area (Å²) in [5.41, 5.74) is 0. The summed E-state index contributed by atoms with van der Waals surface area (Å²) in [6.07, 6.45) is 50.8. The molecule has 0 bridgehead atoms. The second-order valence-electron chi connectivity index (χ2n) is 26.8. The molecule has 0 saturated carbocycles. The van der Waals surface area contributed by atoms with Gasteiger partial charge in [0.25, 0.3) is 0 Å². The van der Waals surface area contributed by atoms with Crippen molar-refractivity contribution in [3.8, 4) is 0 Å². The predicted octanol–water partition coefficient (Wildman–Crippen LogP) is 20.6. The first-order valence-corrected chi connectivity index (χ1v) is 40.2. The third-order valence-electron chi connectivity index (χ3n) is 16.6. The minimum absolute atomic E-state index is 0.0990. The summed E-state index contributed by atoms with van der Waals surface area (Å²) in [6.45, 7) is 11.7. The van der Waals surface area contributed by atoms with Crippen LogP contribution in [0.25, 0.3) is 0 Å². The lowest BCUT2D eigenvalue weighted by Gasteiger charge is -2.21. The molecule has 0 radical (unpaired) electrons. The van der Waals surface area contributed by atoms with Gasteiger partial charge in [-0.25, -0.2) is 9.13 Å². The fraction of sp³-hybridized carbons (Fsp3) is 0.890. The Labute approximate surface area is 561 Å². The van der Waals surface area contributed by atoms with Crippen molar-refractivity contribution in [3.63, 3.8) is 0 Å². The Morgan fingerprint density at radius 1 is 0.359 bits per heavy atom. The van der Waals surface area contributed by atoms with E-state index >= 15 is 0 Å². The van der Waals surface area contributed by atoms with Gasteiger partial charge in [-0.05, 0) is 69.1 Å². The highest BCUT2D eigenvalue weighted by molar-refractivity contribution is 7.47. The van der Waals surface area contributed by atoms with E-state index in [4.69, 9.17) is 37.0 Å². The summed E-state index contributed by atoms with van der Waals surface area (Å²) in [5.74, 6) is 0.0872. The van der Waals surface area contributed by atoms with Gasteiger partial charge in [-0.3, -0.25) is 37.3 Å². The Morgan fingerprint density at radius 2 is 0.641 bits per heavy atom. The van der Waals surface area contributed by atoms with Crippen molar-refractivity contribution in [1.82, 2.24) is 0 Å². The van der Waals surface area contributed by atoms with Gasteiger partial charge in [-0.2, -0.15) is 0 Å². The lowest BCUT2D eigenvalue weighted by Crippen LogP contribution is -2.30. The van der Waals surface area contributed by atoms with Crippen LogP contribution in [0.15, 0.2) is 24.3 Å². The Bertz CT molecular complexity index is 1900. The molecule has 0 rings (SSSR count). The minimum atomic E-state index is -4.96. The number of aliphatic hydroxyl groups excluding tert-OH is 1. The summed E-state index contributed by atoms with van der Waals surface area (Å²) in [5, 5.41) is 10.6. The number of hydrogen-bond donors (Lipinski definition) is 3. The fourth-order valence-electron chi connectivity index (χ4n) is 10.5. The van der Waals surface area contributed by atoms with Crippen molar-refractivity contribution >= 4 is 39.5 Å².